The van der Waals surface area contributed by atoms with Crippen molar-refractivity contribution in [1.29, 1.82) is 0 Å². The van der Waals surface area contributed by atoms with E-state index < -0.39 is 5.97 Å². The summed E-state index contributed by atoms with van der Waals surface area (Å²) in [6.45, 7) is 4.31. The van der Waals surface area contributed by atoms with Crippen LogP contribution in [0.5, 0.6) is 5.75 Å². The van der Waals surface area contributed by atoms with Crippen LogP contribution in [0.1, 0.15) is 18.9 Å². The van der Waals surface area contributed by atoms with E-state index in [0.717, 1.165) is 12.0 Å². The zero-order valence-corrected chi connectivity index (χ0v) is 12.7. The molecule has 21 heavy (non-hydrogen) atoms. The summed E-state index contributed by atoms with van der Waals surface area (Å²) in [5, 5.41) is 11.6. The lowest BCUT2D eigenvalue weighted by Crippen LogP contribution is -2.37. The van der Waals surface area contributed by atoms with Crippen LogP contribution < -0.4 is 10.1 Å². The number of carbonyl (C=O) groups is 2. The van der Waals surface area contributed by atoms with Crippen LogP contribution in [0.4, 0.5) is 5.69 Å². The molecule has 0 aromatic heterocycles. The molecule has 6 heteroatoms. The molecule has 0 saturated carbocycles. The molecule has 0 unspecified atom stereocenters. The van der Waals surface area contributed by atoms with Crippen LogP contribution in [0.2, 0.25) is 0 Å². The molecule has 0 bridgehead atoms. The average molecular weight is 294 g/mol. The van der Waals surface area contributed by atoms with Crippen molar-refractivity contribution in [3.63, 3.8) is 0 Å². The predicted molar refractivity (Wildman–Crippen MR) is 80.7 cm³/mol. The van der Waals surface area contributed by atoms with Crippen molar-refractivity contribution in [1.82, 2.24) is 4.90 Å². The highest BCUT2D eigenvalue weighted by Crippen LogP contribution is 2.25. The number of carboxylic acids is 1. The molecule has 0 radical (unpaired) electrons. The molecule has 0 spiro atoms. The van der Waals surface area contributed by atoms with Gasteiger partial charge in [0.05, 0.1) is 25.9 Å². The molecule has 0 aliphatic carbocycles. The number of hydrogen-bond donors (Lipinski definition) is 2. The first-order chi connectivity index (χ1) is 9.96. The number of nitrogens with zero attached hydrogens (tertiary/aromatic N) is 1. The van der Waals surface area contributed by atoms with Crippen molar-refractivity contribution >= 4 is 17.6 Å². The Balaban J connectivity index is 2.71. The Hall–Kier alpha value is -2.08. The van der Waals surface area contributed by atoms with Crippen molar-refractivity contribution in [2.75, 3.05) is 32.1 Å². The lowest BCUT2D eigenvalue weighted by molar-refractivity contribution is -0.138. The zero-order valence-electron chi connectivity index (χ0n) is 12.7. The molecular weight excluding hydrogens is 272 g/mol. The van der Waals surface area contributed by atoms with Gasteiger partial charge in [-0.15, -0.1) is 0 Å². The molecule has 2 N–H and O–H groups in total. The van der Waals surface area contributed by atoms with Gasteiger partial charge >= 0.3 is 5.97 Å². The first-order valence-electron chi connectivity index (χ1n) is 6.85. The third-order valence-corrected chi connectivity index (χ3v) is 2.89. The number of methoxy groups -OCH3 is 1. The number of ether oxygens (including phenoxy) is 1. The molecule has 1 aromatic rings. The van der Waals surface area contributed by atoms with Crippen LogP contribution in [0.3, 0.4) is 0 Å². The number of carbonyl (C=O) groups excluding carboxylic acids is 1. The summed E-state index contributed by atoms with van der Waals surface area (Å²) in [5.74, 6) is -0.618. The van der Waals surface area contributed by atoms with E-state index in [1.165, 1.54) is 7.11 Å². The van der Waals surface area contributed by atoms with E-state index >= 15 is 0 Å². The number of aliphatic carboxylic acids is 1. The van der Waals surface area contributed by atoms with Gasteiger partial charge in [-0.2, -0.15) is 0 Å². The summed E-state index contributed by atoms with van der Waals surface area (Å²) in [4.78, 5) is 24.4. The summed E-state index contributed by atoms with van der Waals surface area (Å²) in [6.07, 6.45) is 0.786. The van der Waals surface area contributed by atoms with Gasteiger partial charge < -0.3 is 15.2 Å². The van der Waals surface area contributed by atoms with Gasteiger partial charge in [-0.1, -0.05) is 13.0 Å². The lowest BCUT2D eigenvalue weighted by Gasteiger charge is -2.19. The number of aryl methyl sites for hydroxylation is 1. The lowest BCUT2D eigenvalue weighted by atomic mass is 10.2. The summed E-state index contributed by atoms with van der Waals surface area (Å²) in [7, 11) is 1.54. The van der Waals surface area contributed by atoms with Crippen LogP contribution in [0, 0.1) is 6.92 Å². The molecule has 1 rings (SSSR count). The molecule has 0 aliphatic heterocycles. The van der Waals surface area contributed by atoms with Crippen LogP contribution in [-0.2, 0) is 9.59 Å². The van der Waals surface area contributed by atoms with E-state index in [4.69, 9.17) is 9.84 Å². The summed E-state index contributed by atoms with van der Waals surface area (Å²) >= 11 is 0. The van der Waals surface area contributed by atoms with Crippen molar-refractivity contribution in [3.05, 3.63) is 23.8 Å². The van der Waals surface area contributed by atoms with Gasteiger partial charge in [0.2, 0.25) is 5.91 Å². The fourth-order valence-electron chi connectivity index (χ4n) is 2.03. The van der Waals surface area contributed by atoms with Crippen molar-refractivity contribution in [2.45, 2.75) is 20.3 Å². The van der Waals surface area contributed by atoms with E-state index in [1.807, 2.05) is 26.0 Å². The van der Waals surface area contributed by atoms with Crippen LogP contribution in [0.15, 0.2) is 18.2 Å². The van der Waals surface area contributed by atoms with Gasteiger partial charge in [0.1, 0.15) is 5.75 Å². The Labute approximate surface area is 124 Å². The first kappa shape index (κ1) is 17.0. The van der Waals surface area contributed by atoms with E-state index in [9.17, 15) is 9.59 Å². The maximum absolute atomic E-state index is 12.1. The normalized spacial score (nSPS) is 10.5. The highest BCUT2D eigenvalue weighted by atomic mass is 16.5. The number of benzene rings is 1. The first-order valence-corrected chi connectivity index (χ1v) is 6.85. The Kier molecular flexibility index (Phi) is 6.68. The average Bonchev–Trinajstić information content (AvgIpc) is 2.38. The number of carboxylic acid groups (broad SMARTS) is 1. The molecule has 6 nitrogen and oxygen atoms in total. The monoisotopic (exact) mass is 294 g/mol. The van der Waals surface area contributed by atoms with Crippen LogP contribution in [-0.4, -0.2) is 48.6 Å². The van der Waals surface area contributed by atoms with Crippen molar-refractivity contribution in [3.8, 4) is 5.75 Å². The van der Waals surface area contributed by atoms with Gasteiger partial charge in [0, 0.05) is 0 Å². The van der Waals surface area contributed by atoms with Crippen molar-refractivity contribution < 1.29 is 19.4 Å². The molecule has 1 aromatic carbocycles. The Morgan fingerprint density at radius 1 is 1.33 bits per heavy atom. The molecule has 0 aliphatic rings. The minimum absolute atomic E-state index is 0.0389. The molecule has 116 valence electrons. The minimum atomic E-state index is -0.940. The van der Waals surface area contributed by atoms with Gasteiger partial charge in [0.25, 0.3) is 0 Å². The Bertz CT molecular complexity index is 502. The number of rotatable bonds is 8. The quantitative estimate of drug-likeness (QED) is 0.763. The molecule has 0 heterocycles. The topological polar surface area (TPSA) is 78.9 Å². The third-order valence-electron chi connectivity index (χ3n) is 2.89. The second kappa shape index (κ2) is 8.26. The van der Waals surface area contributed by atoms with E-state index in [-0.39, 0.29) is 19.0 Å². The van der Waals surface area contributed by atoms with Crippen LogP contribution in [0.25, 0.3) is 0 Å². The number of anilines is 1. The minimum Gasteiger partial charge on any atom is -0.495 e. The predicted octanol–water partition coefficient (Wildman–Crippen LogP) is 1.74. The highest BCUT2D eigenvalue weighted by Gasteiger charge is 2.14. The smallest absolute Gasteiger partial charge is 0.317 e. The van der Waals surface area contributed by atoms with Gasteiger partial charge in [-0.05, 0) is 37.6 Å². The fraction of sp³-hybridized carbons (Fsp3) is 0.467. The molecule has 0 saturated heterocycles. The Morgan fingerprint density at radius 2 is 2.05 bits per heavy atom. The molecule has 0 atom stereocenters. The summed E-state index contributed by atoms with van der Waals surface area (Å²) < 4.78 is 5.20. The van der Waals surface area contributed by atoms with Gasteiger partial charge in [0.15, 0.2) is 0 Å². The molecule has 0 fully saturated rings. The SMILES string of the molecule is CCCN(CC(=O)O)CC(=O)Nc1cc(C)ccc1OC. The van der Waals surface area contributed by atoms with E-state index in [0.29, 0.717) is 18.0 Å². The second-order valence-electron chi connectivity index (χ2n) is 4.86. The number of nitrogens with one attached hydrogen (secondary N) is 1. The standard InChI is InChI=1S/C15H22N2O4/c1-4-7-17(10-15(19)20)9-14(18)16-12-8-11(2)5-6-13(12)21-3/h5-6,8H,4,7,9-10H2,1-3H3,(H,16,18)(H,19,20). The summed E-state index contributed by atoms with van der Waals surface area (Å²) in [5.41, 5.74) is 1.59. The maximum atomic E-state index is 12.1. The summed E-state index contributed by atoms with van der Waals surface area (Å²) in [6, 6.07) is 5.49. The number of hydrogen-bond acceptors (Lipinski definition) is 4. The maximum Gasteiger partial charge on any atom is 0.317 e. The largest absolute Gasteiger partial charge is 0.495 e. The second-order valence-corrected chi connectivity index (χ2v) is 4.86. The fourth-order valence-corrected chi connectivity index (χ4v) is 2.03. The van der Waals surface area contributed by atoms with Crippen molar-refractivity contribution in [2.24, 2.45) is 0 Å². The van der Waals surface area contributed by atoms with Crippen LogP contribution >= 0.6 is 0 Å². The third kappa shape index (κ3) is 5.83. The Morgan fingerprint density at radius 3 is 2.62 bits per heavy atom. The van der Waals surface area contributed by atoms with E-state index in [2.05, 4.69) is 5.32 Å². The van der Waals surface area contributed by atoms with Gasteiger partial charge in [-0.25, -0.2) is 0 Å². The van der Waals surface area contributed by atoms with E-state index in [1.54, 1.807) is 11.0 Å². The molecule has 1 amide bonds. The zero-order chi connectivity index (χ0) is 15.8. The highest BCUT2D eigenvalue weighted by molar-refractivity contribution is 5.94. The van der Waals surface area contributed by atoms with Gasteiger partial charge in [-0.3, -0.25) is 14.5 Å². The molecular formula is C15H22N2O4. The number of amides is 1.